The molecule has 0 unspecified atom stereocenters. The van der Waals surface area contributed by atoms with Gasteiger partial charge in [-0.1, -0.05) is 38.1 Å². The molecule has 1 heterocycles. The molecule has 2 aromatic rings. The first-order chi connectivity index (χ1) is 9.72. The van der Waals surface area contributed by atoms with E-state index in [2.05, 4.69) is 60.8 Å². The fraction of sp³-hybridized carbons (Fsp3) is 0.444. The highest BCUT2D eigenvalue weighted by molar-refractivity contribution is 5.84. The number of fused-ring (bicyclic) bond motifs is 1. The van der Waals surface area contributed by atoms with E-state index in [1.54, 1.807) is 0 Å². The molecule has 1 N–H and O–H groups in total. The van der Waals surface area contributed by atoms with Gasteiger partial charge in [-0.05, 0) is 43.5 Å². The van der Waals surface area contributed by atoms with Gasteiger partial charge >= 0.3 is 0 Å². The zero-order valence-electron chi connectivity index (χ0n) is 12.7. The fourth-order valence-electron chi connectivity index (χ4n) is 2.61. The van der Waals surface area contributed by atoms with E-state index in [4.69, 9.17) is 0 Å². The number of hydrogen-bond donors (Lipinski definition) is 1. The Labute approximate surface area is 122 Å². The molecule has 20 heavy (non-hydrogen) atoms. The van der Waals surface area contributed by atoms with Crippen molar-refractivity contribution in [3.05, 3.63) is 48.7 Å². The van der Waals surface area contributed by atoms with Crippen LogP contribution in [-0.4, -0.2) is 17.7 Å². The first-order valence-electron chi connectivity index (χ1n) is 7.60. The van der Waals surface area contributed by atoms with Gasteiger partial charge in [-0.2, -0.15) is 0 Å². The van der Waals surface area contributed by atoms with E-state index in [0.29, 0.717) is 0 Å². The first-order valence-corrected chi connectivity index (χ1v) is 7.60. The molecule has 0 saturated carbocycles. The Balaban J connectivity index is 2.00. The maximum Gasteiger partial charge on any atom is 0.0486 e. The molecule has 1 aromatic carbocycles. The summed E-state index contributed by atoms with van der Waals surface area (Å²) in [6.45, 7) is 11.4. The van der Waals surface area contributed by atoms with Crippen LogP contribution in [-0.2, 0) is 13.0 Å². The standard InChI is InChI=1S/C18H26N2/c1-4-12-20-14-16(8-7-11-19-13-15(2)3)17-9-5-6-10-18(17)20/h4-6,9-10,14-15,19H,1,7-8,11-13H2,2-3H3. The van der Waals surface area contributed by atoms with E-state index in [9.17, 15) is 0 Å². The topological polar surface area (TPSA) is 17.0 Å². The number of para-hydroxylation sites is 1. The lowest BCUT2D eigenvalue weighted by Gasteiger charge is -2.06. The van der Waals surface area contributed by atoms with Crippen molar-refractivity contribution in [1.82, 2.24) is 9.88 Å². The molecule has 0 fully saturated rings. The number of nitrogens with zero attached hydrogens (tertiary/aromatic N) is 1. The fourth-order valence-corrected chi connectivity index (χ4v) is 2.61. The molecular formula is C18H26N2. The predicted molar refractivity (Wildman–Crippen MR) is 88.2 cm³/mol. The van der Waals surface area contributed by atoms with E-state index in [1.165, 1.54) is 22.9 Å². The van der Waals surface area contributed by atoms with Crippen LogP contribution in [0, 0.1) is 5.92 Å². The molecule has 0 aliphatic heterocycles. The molecule has 1 aromatic heterocycles. The van der Waals surface area contributed by atoms with Gasteiger partial charge in [-0.3, -0.25) is 0 Å². The summed E-state index contributed by atoms with van der Waals surface area (Å²) in [7, 11) is 0. The molecule has 0 bridgehead atoms. The molecule has 2 heteroatoms. The highest BCUT2D eigenvalue weighted by Crippen LogP contribution is 2.22. The Hall–Kier alpha value is -1.54. The summed E-state index contributed by atoms with van der Waals surface area (Å²) in [5, 5.41) is 4.90. The summed E-state index contributed by atoms with van der Waals surface area (Å²) in [5.74, 6) is 0.726. The van der Waals surface area contributed by atoms with Gasteiger partial charge in [0.05, 0.1) is 0 Å². The van der Waals surface area contributed by atoms with Crippen LogP contribution in [0.2, 0.25) is 0 Å². The smallest absolute Gasteiger partial charge is 0.0486 e. The molecule has 0 radical (unpaired) electrons. The Morgan fingerprint density at radius 3 is 2.85 bits per heavy atom. The van der Waals surface area contributed by atoms with Crippen LogP contribution < -0.4 is 5.32 Å². The number of aromatic nitrogens is 1. The minimum atomic E-state index is 0.726. The highest BCUT2D eigenvalue weighted by atomic mass is 14.9. The van der Waals surface area contributed by atoms with E-state index in [0.717, 1.165) is 32.0 Å². The van der Waals surface area contributed by atoms with Gasteiger partial charge in [0.15, 0.2) is 0 Å². The number of rotatable bonds is 8. The zero-order valence-corrected chi connectivity index (χ0v) is 12.7. The van der Waals surface area contributed by atoms with E-state index < -0.39 is 0 Å². The van der Waals surface area contributed by atoms with Crippen LogP contribution in [0.1, 0.15) is 25.8 Å². The van der Waals surface area contributed by atoms with E-state index >= 15 is 0 Å². The van der Waals surface area contributed by atoms with Crippen molar-refractivity contribution >= 4 is 10.9 Å². The average molecular weight is 270 g/mol. The van der Waals surface area contributed by atoms with Gasteiger partial charge in [0.1, 0.15) is 0 Å². The summed E-state index contributed by atoms with van der Waals surface area (Å²) >= 11 is 0. The molecule has 108 valence electrons. The minimum absolute atomic E-state index is 0.726. The summed E-state index contributed by atoms with van der Waals surface area (Å²) in [4.78, 5) is 0. The molecular weight excluding hydrogens is 244 g/mol. The third kappa shape index (κ3) is 3.73. The lowest BCUT2D eigenvalue weighted by molar-refractivity contribution is 0.543. The summed E-state index contributed by atoms with van der Waals surface area (Å²) < 4.78 is 2.29. The number of benzene rings is 1. The average Bonchev–Trinajstić information content (AvgIpc) is 2.77. The molecule has 0 aliphatic carbocycles. The lowest BCUT2D eigenvalue weighted by Crippen LogP contribution is -2.21. The van der Waals surface area contributed by atoms with Crippen molar-refractivity contribution in [3.63, 3.8) is 0 Å². The zero-order chi connectivity index (χ0) is 14.4. The van der Waals surface area contributed by atoms with Crippen LogP contribution in [0.25, 0.3) is 10.9 Å². The second-order valence-corrected chi connectivity index (χ2v) is 5.81. The molecule has 2 nitrogen and oxygen atoms in total. The first kappa shape index (κ1) is 14.9. The second-order valence-electron chi connectivity index (χ2n) is 5.81. The lowest BCUT2D eigenvalue weighted by atomic mass is 10.1. The summed E-state index contributed by atoms with van der Waals surface area (Å²) in [5.41, 5.74) is 2.77. The Bertz CT molecular complexity index is 552. The molecule has 2 rings (SSSR count). The second kappa shape index (κ2) is 7.30. The quantitative estimate of drug-likeness (QED) is 0.566. The highest BCUT2D eigenvalue weighted by Gasteiger charge is 2.06. The Morgan fingerprint density at radius 1 is 1.30 bits per heavy atom. The van der Waals surface area contributed by atoms with E-state index in [1.807, 2.05) is 6.08 Å². The van der Waals surface area contributed by atoms with Gasteiger partial charge in [0.2, 0.25) is 0 Å². The maximum absolute atomic E-state index is 3.84. The van der Waals surface area contributed by atoms with Crippen LogP contribution in [0.5, 0.6) is 0 Å². The van der Waals surface area contributed by atoms with Crippen LogP contribution in [0.3, 0.4) is 0 Å². The van der Waals surface area contributed by atoms with Crippen molar-refractivity contribution in [2.45, 2.75) is 33.2 Å². The third-order valence-corrected chi connectivity index (χ3v) is 3.55. The third-order valence-electron chi connectivity index (χ3n) is 3.55. The summed E-state index contributed by atoms with van der Waals surface area (Å²) in [6, 6.07) is 8.65. The number of allylic oxidation sites excluding steroid dienone is 1. The minimum Gasteiger partial charge on any atom is -0.343 e. The summed E-state index contributed by atoms with van der Waals surface area (Å²) in [6.07, 6.45) is 6.57. The molecule has 0 spiro atoms. The predicted octanol–water partition coefficient (Wildman–Crippen LogP) is 4.01. The van der Waals surface area contributed by atoms with Crippen molar-refractivity contribution in [3.8, 4) is 0 Å². The van der Waals surface area contributed by atoms with Crippen molar-refractivity contribution in [1.29, 1.82) is 0 Å². The molecule has 0 amide bonds. The van der Waals surface area contributed by atoms with Crippen LogP contribution in [0.15, 0.2) is 43.1 Å². The SMILES string of the molecule is C=CCn1cc(CCCNCC(C)C)c2ccccc21. The Kier molecular flexibility index (Phi) is 5.42. The van der Waals surface area contributed by atoms with Gasteiger partial charge in [-0.25, -0.2) is 0 Å². The van der Waals surface area contributed by atoms with Gasteiger partial charge in [0.25, 0.3) is 0 Å². The van der Waals surface area contributed by atoms with Crippen molar-refractivity contribution in [2.24, 2.45) is 5.92 Å². The van der Waals surface area contributed by atoms with Crippen molar-refractivity contribution < 1.29 is 0 Å². The number of hydrogen-bond acceptors (Lipinski definition) is 1. The van der Waals surface area contributed by atoms with E-state index in [-0.39, 0.29) is 0 Å². The Morgan fingerprint density at radius 2 is 2.10 bits per heavy atom. The van der Waals surface area contributed by atoms with Gasteiger partial charge in [-0.15, -0.1) is 6.58 Å². The van der Waals surface area contributed by atoms with Gasteiger partial charge in [0, 0.05) is 23.6 Å². The normalized spacial score (nSPS) is 11.3. The van der Waals surface area contributed by atoms with Crippen LogP contribution >= 0.6 is 0 Å². The van der Waals surface area contributed by atoms with Crippen molar-refractivity contribution in [2.75, 3.05) is 13.1 Å². The number of aryl methyl sites for hydroxylation is 1. The monoisotopic (exact) mass is 270 g/mol. The largest absolute Gasteiger partial charge is 0.343 e. The molecule has 0 aliphatic rings. The molecule has 0 saturated heterocycles. The number of nitrogens with one attached hydrogen (secondary N) is 1. The van der Waals surface area contributed by atoms with Crippen LogP contribution in [0.4, 0.5) is 0 Å². The maximum atomic E-state index is 3.84. The molecule has 0 atom stereocenters. The van der Waals surface area contributed by atoms with Gasteiger partial charge < -0.3 is 9.88 Å².